The van der Waals surface area contributed by atoms with Gasteiger partial charge in [0, 0.05) is 24.2 Å². The summed E-state index contributed by atoms with van der Waals surface area (Å²) in [4.78, 5) is 0. The van der Waals surface area contributed by atoms with Gasteiger partial charge in [-0.15, -0.1) is 0 Å². The van der Waals surface area contributed by atoms with E-state index in [1.807, 2.05) is 0 Å². The van der Waals surface area contributed by atoms with Crippen molar-refractivity contribution >= 4 is 24.4 Å². The van der Waals surface area contributed by atoms with Crippen molar-refractivity contribution in [2.75, 3.05) is 24.7 Å². The highest BCUT2D eigenvalue weighted by Gasteiger charge is 2.31. The van der Waals surface area contributed by atoms with E-state index in [0.717, 1.165) is 30.1 Å². The Kier molecular flexibility index (Phi) is 5.86. The SMILES string of the molecule is CC(C)C(C)SCC1(CS)CCOCC1. The molecule has 90 valence electrons. The first-order valence-electron chi connectivity index (χ1n) is 5.90. The van der Waals surface area contributed by atoms with Gasteiger partial charge in [-0.2, -0.15) is 24.4 Å². The van der Waals surface area contributed by atoms with Crippen LogP contribution in [-0.4, -0.2) is 30.0 Å². The minimum Gasteiger partial charge on any atom is -0.381 e. The lowest BCUT2D eigenvalue weighted by Gasteiger charge is -2.36. The Labute approximate surface area is 104 Å². The molecule has 1 unspecified atom stereocenters. The van der Waals surface area contributed by atoms with Crippen molar-refractivity contribution in [3.05, 3.63) is 0 Å². The van der Waals surface area contributed by atoms with Gasteiger partial charge in [0.1, 0.15) is 0 Å². The van der Waals surface area contributed by atoms with Gasteiger partial charge in [-0.05, 0) is 29.9 Å². The Bertz CT molecular complexity index is 176. The minimum atomic E-state index is 0.440. The molecule has 0 aromatic rings. The molecule has 0 bridgehead atoms. The molecule has 0 radical (unpaired) electrons. The van der Waals surface area contributed by atoms with E-state index < -0.39 is 0 Å². The summed E-state index contributed by atoms with van der Waals surface area (Å²) in [5.41, 5.74) is 0.440. The summed E-state index contributed by atoms with van der Waals surface area (Å²) < 4.78 is 5.44. The van der Waals surface area contributed by atoms with Crippen molar-refractivity contribution in [2.24, 2.45) is 11.3 Å². The number of ether oxygens (including phenoxy) is 1. The normalized spacial score (nSPS) is 23.0. The number of thiol groups is 1. The molecule has 1 aliphatic heterocycles. The highest BCUT2D eigenvalue weighted by atomic mass is 32.2. The molecule has 1 rings (SSSR count). The van der Waals surface area contributed by atoms with E-state index in [2.05, 4.69) is 45.2 Å². The first-order valence-corrected chi connectivity index (χ1v) is 7.58. The second kappa shape index (κ2) is 6.41. The van der Waals surface area contributed by atoms with Crippen LogP contribution in [-0.2, 0) is 4.74 Å². The molecular weight excluding hydrogens is 224 g/mol. The van der Waals surface area contributed by atoms with Crippen molar-refractivity contribution in [1.29, 1.82) is 0 Å². The van der Waals surface area contributed by atoms with E-state index in [-0.39, 0.29) is 0 Å². The smallest absolute Gasteiger partial charge is 0.0471 e. The monoisotopic (exact) mass is 248 g/mol. The van der Waals surface area contributed by atoms with E-state index in [1.54, 1.807) is 0 Å². The minimum absolute atomic E-state index is 0.440. The van der Waals surface area contributed by atoms with Crippen LogP contribution in [0.15, 0.2) is 0 Å². The second-order valence-electron chi connectivity index (χ2n) is 5.03. The van der Waals surface area contributed by atoms with Gasteiger partial charge in [-0.25, -0.2) is 0 Å². The van der Waals surface area contributed by atoms with Crippen molar-refractivity contribution in [2.45, 2.75) is 38.9 Å². The van der Waals surface area contributed by atoms with Gasteiger partial charge in [-0.3, -0.25) is 0 Å². The fourth-order valence-corrected chi connectivity index (χ4v) is 3.62. The van der Waals surface area contributed by atoms with Gasteiger partial charge in [0.05, 0.1) is 0 Å². The van der Waals surface area contributed by atoms with Gasteiger partial charge in [0.2, 0.25) is 0 Å². The Morgan fingerprint density at radius 1 is 1.27 bits per heavy atom. The number of thioether (sulfide) groups is 1. The quantitative estimate of drug-likeness (QED) is 0.746. The third kappa shape index (κ3) is 4.20. The Balaban J connectivity index is 2.38. The molecule has 0 aromatic heterocycles. The molecule has 1 fully saturated rings. The van der Waals surface area contributed by atoms with E-state index in [9.17, 15) is 0 Å². The summed E-state index contributed by atoms with van der Waals surface area (Å²) in [6, 6.07) is 0. The molecule has 15 heavy (non-hydrogen) atoms. The maximum Gasteiger partial charge on any atom is 0.0471 e. The highest BCUT2D eigenvalue weighted by molar-refractivity contribution is 7.99. The predicted octanol–water partition coefficient (Wildman–Crippen LogP) is 3.49. The first kappa shape index (κ1) is 13.7. The van der Waals surface area contributed by atoms with Gasteiger partial charge in [0.25, 0.3) is 0 Å². The molecule has 1 nitrogen and oxygen atoms in total. The fraction of sp³-hybridized carbons (Fsp3) is 1.00. The van der Waals surface area contributed by atoms with Crippen LogP contribution in [0, 0.1) is 11.3 Å². The van der Waals surface area contributed by atoms with Crippen LogP contribution < -0.4 is 0 Å². The zero-order chi connectivity index (χ0) is 11.3. The summed E-state index contributed by atoms with van der Waals surface area (Å²) in [5, 5.41) is 0.754. The maximum atomic E-state index is 5.44. The average Bonchev–Trinajstić information content (AvgIpc) is 2.27. The second-order valence-corrected chi connectivity index (χ2v) is 6.71. The summed E-state index contributed by atoms with van der Waals surface area (Å²) in [5.74, 6) is 3.03. The van der Waals surface area contributed by atoms with E-state index in [4.69, 9.17) is 4.74 Å². The number of hydrogen-bond acceptors (Lipinski definition) is 3. The summed E-state index contributed by atoms with van der Waals surface area (Å²) in [7, 11) is 0. The molecule has 1 saturated heterocycles. The number of hydrogen-bond donors (Lipinski definition) is 1. The van der Waals surface area contributed by atoms with Crippen LogP contribution in [0.4, 0.5) is 0 Å². The molecule has 0 saturated carbocycles. The van der Waals surface area contributed by atoms with Crippen LogP contribution in [0.3, 0.4) is 0 Å². The van der Waals surface area contributed by atoms with Crippen LogP contribution in [0.5, 0.6) is 0 Å². The van der Waals surface area contributed by atoms with Crippen LogP contribution in [0.25, 0.3) is 0 Å². The molecule has 0 N–H and O–H groups in total. The highest BCUT2D eigenvalue weighted by Crippen LogP contribution is 2.37. The third-order valence-electron chi connectivity index (χ3n) is 3.48. The van der Waals surface area contributed by atoms with Gasteiger partial charge in [0.15, 0.2) is 0 Å². The van der Waals surface area contributed by atoms with Crippen molar-refractivity contribution in [3.63, 3.8) is 0 Å². The average molecular weight is 248 g/mol. The van der Waals surface area contributed by atoms with Crippen molar-refractivity contribution in [3.8, 4) is 0 Å². The zero-order valence-electron chi connectivity index (χ0n) is 10.2. The number of rotatable bonds is 5. The standard InChI is InChI=1S/C12H24OS2/c1-10(2)11(3)15-9-12(8-14)4-6-13-7-5-12/h10-11,14H,4-9H2,1-3H3. The molecule has 1 heterocycles. The lowest BCUT2D eigenvalue weighted by molar-refractivity contribution is 0.0370. The molecule has 0 aromatic carbocycles. The van der Waals surface area contributed by atoms with Crippen LogP contribution >= 0.6 is 24.4 Å². The summed E-state index contributed by atoms with van der Waals surface area (Å²) >= 11 is 6.64. The maximum absolute atomic E-state index is 5.44. The lowest BCUT2D eigenvalue weighted by Crippen LogP contribution is -2.34. The molecule has 3 heteroatoms. The molecule has 0 spiro atoms. The molecule has 0 amide bonds. The largest absolute Gasteiger partial charge is 0.381 e. The lowest BCUT2D eigenvalue weighted by atomic mass is 9.84. The van der Waals surface area contributed by atoms with E-state index >= 15 is 0 Å². The molecule has 1 aliphatic rings. The topological polar surface area (TPSA) is 9.23 Å². The van der Waals surface area contributed by atoms with Crippen molar-refractivity contribution < 1.29 is 4.74 Å². The van der Waals surface area contributed by atoms with Crippen molar-refractivity contribution in [1.82, 2.24) is 0 Å². The molecule has 0 aliphatic carbocycles. The van der Waals surface area contributed by atoms with Gasteiger partial charge < -0.3 is 4.74 Å². The Morgan fingerprint density at radius 3 is 2.33 bits per heavy atom. The van der Waals surface area contributed by atoms with Crippen LogP contribution in [0.1, 0.15) is 33.6 Å². The fourth-order valence-electron chi connectivity index (χ4n) is 1.65. The Hall–Kier alpha value is 0.660. The van der Waals surface area contributed by atoms with E-state index in [0.29, 0.717) is 5.41 Å². The predicted molar refractivity (Wildman–Crippen MR) is 73.1 cm³/mol. The molecule has 1 atom stereocenters. The molecular formula is C12H24OS2. The zero-order valence-corrected chi connectivity index (χ0v) is 11.9. The van der Waals surface area contributed by atoms with Crippen LogP contribution in [0.2, 0.25) is 0 Å². The Morgan fingerprint density at radius 2 is 1.87 bits per heavy atom. The summed E-state index contributed by atoms with van der Waals surface area (Å²) in [6.45, 7) is 8.79. The van der Waals surface area contributed by atoms with E-state index in [1.165, 1.54) is 18.6 Å². The van der Waals surface area contributed by atoms with Gasteiger partial charge in [-0.1, -0.05) is 20.8 Å². The third-order valence-corrected chi connectivity index (χ3v) is 6.00. The first-order chi connectivity index (χ1) is 7.09. The summed E-state index contributed by atoms with van der Waals surface area (Å²) in [6.07, 6.45) is 2.38. The van der Waals surface area contributed by atoms with Gasteiger partial charge >= 0.3 is 0 Å².